The lowest BCUT2D eigenvalue weighted by Crippen LogP contribution is -2.24. The van der Waals surface area contributed by atoms with Crippen LogP contribution in [0.15, 0.2) is 29.6 Å². The number of anilines is 1. The van der Waals surface area contributed by atoms with Gasteiger partial charge < -0.3 is 20.4 Å². The molecule has 2 aliphatic rings. The summed E-state index contributed by atoms with van der Waals surface area (Å²) < 4.78 is 0. The number of halogens is 1. The van der Waals surface area contributed by atoms with Gasteiger partial charge in [-0.05, 0) is 60.6 Å². The van der Waals surface area contributed by atoms with E-state index >= 15 is 0 Å². The Hall–Kier alpha value is -2.97. The highest BCUT2D eigenvalue weighted by molar-refractivity contribution is 6.54. The molecule has 1 aliphatic heterocycles. The Morgan fingerprint density at radius 3 is 2.70 bits per heavy atom. The van der Waals surface area contributed by atoms with Crippen molar-refractivity contribution in [3.05, 3.63) is 46.2 Å². The van der Waals surface area contributed by atoms with Crippen molar-refractivity contribution in [2.24, 2.45) is 5.16 Å². The number of carboxylic acid groups (broad SMARTS) is 1. The first-order valence-corrected chi connectivity index (χ1v) is 10.1. The Balaban J connectivity index is 1.80. The first-order valence-electron chi connectivity index (χ1n) is 9.69. The second kappa shape index (κ2) is 8.41. The van der Waals surface area contributed by atoms with Gasteiger partial charge in [0.25, 0.3) is 5.91 Å². The van der Waals surface area contributed by atoms with E-state index in [4.69, 9.17) is 21.5 Å². The monoisotopic (exact) mass is 429 g/mol. The number of pyridine rings is 1. The smallest absolute Gasteiger partial charge is 0.347 e. The van der Waals surface area contributed by atoms with Gasteiger partial charge in [-0.2, -0.15) is 0 Å². The summed E-state index contributed by atoms with van der Waals surface area (Å²) in [6.07, 6.45) is 4.00. The number of carboxylic acids is 1. The molecule has 1 amide bonds. The maximum atomic E-state index is 12.6. The van der Waals surface area contributed by atoms with E-state index in [-0.39, 0.29) is 18.7 Å². The maximum absolute atomic E-state index is 12.6. The number of carbonyl (C=O) groups is 2. The van der Waals surface area contributed by atoms with Gasteiger partial charge in [0.1, 0.15) is 5.15 Å². The molecule has 0 fully saturated rings. The summed E-state index contributed by atoms with van der Waals surface area (Å²) in [5.41, 5.74) is 5.34. The third kappa shape index (κ3) is 3.76. The van der Waals surface area contributed by atoms with Crippen molar-refractivity contribution in [1.29, 1.82) is 0 Å². The van der Waals surface area contributed by atoms with E-state index in [2.05, 4.69) is 15.5 Å². The Morgan fingerprint density at radius 1 is 1.27 bits per heavy atom. The van der Waals surface area contributed by atoms with Crippen LogP contribution in [0.1, 0.15) is 36.0 Å². The molecule has 0 saturated carbocycles. The highest BCUT2D eigenvalue weighted by Crippen LogP contribution is 2.41. The first kappa shape index (κ1) is 20.3. The summed E-state index contributed by atoms with van der Waals surface area (Å²) >= 11 is 5.93. The lowest BCUT2D eigenvalue weighted by atomic mass is 9.83. The SMILES string of the molecule is O=C1Nc2c(cc(-c3ccc(Cl)nc3)c3c2CCCC3)/C1=N/OC(CCO)C(=O)O. The number of aromatic nitrogens is 1. The Morgan fingerprint density at radius 2 is 2.03 bits per heavy atom. The molecule has 3 N–H and O–H groups in total. The highest BCUT2D eigenvalue weighted by Gasteiger charge is 2.33. The predicted molar refractivity (Wildman–Crippen MR) is 111 cm³/mol. The fourth-order valence-corrected chi connectivity index (χ4v) is 4.02. The average molecular weight is 430 g/mol. The molecule has 1 aliphatic carbocycles. The summed E-state index contributed by atoms with van der Waals surface area (Å²) in [6.45, 7) is -0.369. The zero-order valence-corrected chi connectivity index (χ0v) is 16.8. The van der Waals surface area contributed by atoms with Crippen molar-refractivity contribution in [3.8, 4) is 11.1 Å². The van der Waals surface area contributed by atoms with Gasteiger partial charge in [0.2, 0.25) is 6.10 Å². The Kier molecular flexibility index (Phi) is 5.69. The van der Waals surface area contributed by atoms with E-state index in [1.54, 1.807) is 12.3 Å². The molecule has 30 heavy (non-hydrogen) atoms. The summed E-state index contributed by atoms with van der Waals surface area (Å²) in [5.74, 6) is -1.71. The number of amides is 1. The third-order valence-corrected chi connectivity index (χ3v) is 5.56. The molecule has 9 heteroatoms. The molecule has 0 bridgehead atoms. The molecule has 1 aromatic heterocycles. The van der Waals surface area contributed by atoms with E-state index < -0.39 is 18.0 Å². The van der Waals surface area contributed by atoms with Crippen molar-refractivity contribution in [3.63, 3.8) is 0 Å². The molecule has 1 atom stereocenters. The number of aliphatic hydroxyl groups is 1. The molecule has 1 aromatic carbocycles. The number of aliphatic carboxylic acids is 1. The lowest BCUT2D eigenvalue weighted by molar-refractivity contribution is -0.151. The van der Waals surface area contributed by atoms with Crippen molar-refractivity contribution < 1.29 is 24.6 Å². The standard InChI is InChI=1S/C21H20ClN3O5/c22-17-6-5-11(10-23-17)14-9-15-18(13-4-2-1-3-12(13)14)24-20(27)19(15)25-30-16(7-8-26)21(28)29/h5-6,9-10,16,26H,1-4,7-8H2,(H,28,29)(H,24,25,27). The Labute approximate surface area is 177 Å². The van der Waals surface area contributed by atoms with Gasteiger partial charge >= 0.3 is 5.97 Å². The number of aliphatic hydroxyl groups excluding tert-OH is 1. The van der Waals surface area contributed by atoms with Gasteiger partial charge in [-0.3, -0.25) is 4.79 Å². The molecule has 156 valence electrons. The van der Waals surface area contributed by atoms with E-state index in [1.807, 2.05) is 12.1 Å². The number of hydrogen-bond acceptors (Lipinski definition) is 6. The number of fused-ring (bicyclic) bond motifs is 3. The molecule has 1 unspecified atom stereocenters. The minimum absolute atomic E-state index is 0.0192. The van der Waals surface area contributed by atoms with Crippen molar-refractivity contribution in [2.75, 3.05) is 11.9 Å². The van der Waals surface area contributed by atoms with Crippen LogP contribution in [-0.2, 0) is 27.3 Å². The number of rotatable bonds is 6. The fourth-order valence-electron chi connectivity index (χ4n) is 3.91. The first-order chi connectivity index (χ1) is 14.5. The summed E-state index contributed by atoms with van der Waals surface area (Å²) in [4.78, 5) is 33.1. The number of hydrogen-bond donors (Lipinski definition) is 3. The normalized spacial score (nSPS) is 17.3. The van der Waals surface area contributed by atoms with E-state index in [0.29, 0.717) is 16.4 Å². The second-order valence-corrected chi connectivity index (χ2v) is 7.61. The van der Waals surface area contributed by atoms with Crippen LogP contribution >= 0.6 is 11.6 Å². The van der Waals surface area contributed by atoms with Crippen LogP contribution in [0.3, 0.4) is 0 Å². The van der Waals surface area contributed by atoms with Crippen LogP contribution < -0.4 is 5.32 Å². The molecule has 4 rings (SSSR count). The van der Waals surface area contributed by atoms with Gasteiger partial charge in [-0.15, -0.1) is 0 Å². The summed E-state index contributed by atoms with van der Waals surface area (Å²) in [6, 6.07) is 5.46. The summed E-state index contributed by atoms with van der Waals surface area (Å²) in [5, 5.41) is 25.3. The minimum atomic E-state index is -1.34. The topological polar surface area (TPSA) is 121 Å². The third-order valence-electron chi connectivity index (χ3n) is 5.34. The van der Waals surface area contributed by atoms with E-state index in [1.165, 1.54) is 0 Å². The molecule has 8 nitrogen and oxygen atoms in total. The van der Waals surface area contributed by atoms with Crippen molar-refractivity contribution in [2.45, 2.75) is 38.2 Å². The number of carbonyl (C=O) groups excluding carboxylic acids is 1. The fraction of sp³-hybridized carbons (Fsp3) is 0.333. The molecule has 0 spiro atoms. The van der Waals surface area contributed by atoms with Gasteiger partial charge in [0.05, 0.1) is 5.69 Å². The van der Waals surface area contributed by atoms with Gasteiger partial charge in [0, 0.05) is 30.4 Å². The minimum Gasteiger partial charge on any atom is -0.478 e. The molecule has 0 saturated heterocycles. The van der Waals surface area contributed by atoms with Crippen LogP contribution in [0.2, 0.25) is 5.15 Å². The molecule has 2 aromatic rings. The number of oxime groups is 1. The van der Waals surface area contributed by atoms with Crippen LogP contribution in [0, 0.1) is 0 Å². The summed E-state index contributed by atoms with van der Waals surface area (Å²) in [7, 11) is 0. The second-order valence-electron chi connectivity index (χ2n) is 7.22. The molecule has 2 heterocycles. The number of nitrogens with one attached hydrogen (secondary N) is 1. The van der Waals surface area contributed by atoms with Crippen LogP contribution in [-0.4, -0.2) is 45.5 Å². The van der Waals surface area contributed by atoms with Gasteiger partial charge in [-0.25, -0.2) is 9.78 Å². The molecular formula is C21H20ClN3O5. The zero-order chi connectivity index (χ0) is 21.3. The zero-order valence-electron chi connectivity index (χ0n) is 16.0. The number of nitrogens with zero attached hydrogens (tertiary/aromatic N) is 2. The molecular weight excluding hydrogens is 410 g/mol. The average Bonchev–Trinajstić information content (AvgIpc) is 3.06. The predicted octanol–water partition coefficient (Wildman–Crippen LogP) is 2.79. The van der Waals surface area contributed by atoms with Gasteiger partial charge in [0.15, 0.2) is 5.71 Å². The Bertz CT molecular complexity index is 1040. The quantitative estimate of drug-likeness (QED) is 0.479. The highest BCUT2D eigenvalue weighted by atomic mass is 35.5. The lowest BCUT2D eigenvalue weighted by Gasteiger charge is -2.22. The van der Waals surface area contributed by atoms with Crippen LogP contribution in [0.4, 0.5) is 5.69 Å². The van der Waals surface area contributed by atoms with Crippen LogP contribution in [0.25, 0.3) is 11.1 Å². The molecule has 0 radical (unpaired) electrons. The van der Waals surface area contributed by atoms with E-state index in [9.17, 15) is 14.7 Å². The van der Waals surface area contributed by atoms with Gasteiger partial charge in [-0.1, -0.05) is 16.8 Å². The van der Waals surface area contributed by atoms with Crippen molar-refractivity contribution in [1.82, 2.24) is 4.98 Å². The van der Waals surface area contributed by atoms with Crippen LogP contribution in [0.5, 0.6) is 0 Å². The van der Waals surface area contributed by atoms with E-state index in [0.717, 1.165) is 47.9 Å². The maximum Gasteiger partial charge on any atom is 0.347 e. The van der Waals surface area contributed by atoms with Crippen molar-refractivity contribution >= 4 is 34.9 Å². The number of benzene rings is 1. The largest absolute Gasteiger partial charge is 0.478 e.